The normalized spacial score (nSPS) is 20.8. The number of ether oxygens (including phenoxy) is 1. The van der Waals surface area contributed by atoms with Crippen molar-refractivity contribution in [2.45, 2.75) is 45.9 Å². The predicted octanol–water partition coefficient (Wildman–Crippen LogP) is 4.60. The molecular weight excluding hydrogens is 352 g/mol. The van der Waals surface area contributed by atoms with E-state index in [1.54, 1.807) is 9.80 Å². The van der Waals surface area contributed by atoms with Gasteiger partial charge in [0.25, 0.3) is 0 Å². The molecule has 0 spiro atoms. The quantitative estimate of drug-likeness (QED) is 0.762. The molecule has 2 aromatic carbocycles. The average molecular weight is 380 g/mol. The lowest BCUT2D eigenvalue weighted by Gasteiger charge is -2.46. The number of hydrogen-bond acceptors (Lipinski definition) is 3. The van der Waals surface area contributed by atoms with E-state index >= 15 is 0 Å². The monoisotopic (exact) mass is 380 g/mol. The topological polar surface area (TPSA) is 49.9 Å². The molecule has 0 N–H and O–H groups in total. The van der Waals surface area contributed by atoms with E-state index < -0.39 is 0 Å². The van der Waals surface area contributed by atoms with Crippen molar-refractivity contribution < 1.29 is 14.3 Å². The van der Waals surface area contributed by atoms with E-state index in [2.05, 4.69) is 0 Å². The first-order valence-corrected chi connectivity index (χ1v) is 9.85. The second-order valence-corrected chi connectivity index (χ2v) is 7.31. The highest BCUT2D eigenvalue weighted by Crippen LogP contribution is 2.30. The molecule has 3 rings (SSSR count). The molecule has 0 aliphatic carbocycles. The van der Waals surface area contributed by atoms with Crippen LogP contribution in [-0.2, 0) is 16.1 Å². The first kappa shape index (κ1) is 19.9. The van der Waals surface area contributed by atoms with Crippen molar-refractivity contribution >= 4 is 12.0 Å². The lowest BCUT2D eigenvalue weighted by atomic mass is 9.93. The molecule has 0 saturated carbocycles. The Hall–Kier alpha value is -2.82. The van der Waals surface area contributed by atoms with Gasteiger partial charge in [-0.15, -0.1) is 0 Å². The zero-order valence-electron chi connectivity index (χ0n) is 16.7. The van der Waals surface area contributed by atoms with E-state index in [1.165, 1.54) is 0 Å². The highest BCUT2D eigenvalue weighted by molar-refractivity contribution is 5.82. The van der Waals surface area contributed by atoms with Crippen LogP contribution in [-0.4, -0.2) is 34.5 Å². The molecule has 1 aliphatic rings. The minimum Gasteiger partial charge on any atom is -0.444 e. The van der Waals surface area contributed by atoms with Gasteiger partial charge in [-0.3, -0.25) is 9.69 Å². The van der Waals surface area contributed by atoms with E-state index in [4.69, 9.17) is 4.74 Å². The first-order valence-electron chi connectivity index (χ1n) is 9.85. The predicted molar refractivity (Wildman–Crippen MR) is 108 cm³/mol. The fourth-order valence-corrected chi connectivity index (χ4v) is 3.83. The van der Waals surface area contributed by atoms with Gasteiger partial charge in [-0.05, 0) is 24.5 Å². The van der Waals surface area contributed by atoms with Gasteiger partial charge in [0.05, 0.1) is 18.6 Å². The molecule has 3 atom stereocenters. The second kappa shape index (κ2) is 8.91. The number of carbonyl (C=O) groups excluding carboxylic acids is 2. The Balaban J connectivity index is 1.76. The number of rotatable bonds is 5. The summed E-state index contributed by atoms with van der Waals surface area (Å²) in [6.07, 6.45) is 0.335. The third-order valence-corrected chi connectivity index (χ3v) is 5.56. The van der Waals surface area contributed by atoms with Crippen LogP contribution in [0.25, 0.3) is 0 Å². The summed E-state index contributed by atoms with van der Waals surface area (Å²) in [5, 5.41) is 0. The van der Waals surface area contributed by atoms with Gasteiger partial charge in [-0.2, -0.15) is 0 Å². The average Bonchev–Trinajstić information content (AvgIpc) is 2.74. The minimum atomic E-state index is -0.375. The number of nitrogens with zero attached hydrogens (tertiary/aromatic N) is 2. The van der Waals surface area contributed by atoms with Crippen LogP contribution >= 0.6 is 0 Å². The third kappa shape index (κ3) is 4.19. The molecule has 1 saturated heterocycles. The molecule has 1 aliphatic heterocycles. The molecule has 2 amide bonds. The van der Waals surface area contributed by atoms with Crippen molar-refractivity contribution in [3.05, 3.63) is 71.8 Å². The van der Waals surface area contributed by atoms with E-state index in [9.17, 15) is 9.59 Å². The van der Waals surface area contributed by atoms with Gasteiger partial charge < -0.3 is 9.64 Å². The van der Waals surface area contributed by atoms with Crippen molar-refractivity contribution in [3.8, 4) is 0 Å². The lowest BCUT2D eigenvalue weighted by Crippen LogP contribution is -2.60. The molecule has 1 heterocycles. The highest BCUT2D eigenvalue weighted by Gasteiger charge is 2.42. The van der Waals surface area contributed by atoms with Gasteiger partial charge in [0, 0.05) is 6.04 Å². The van der Waals surface area contributed by atoms with E-state index in [-0.39, 0.29) is 43.3 Å². The SMILES string of the molecule is CC[C@H]1[C@@H](C)C(=O)N([C@@H](C)c2ccccc2)CN1C(=O)OCc1ccccc1. The molecule has 1 fully saturated rings. The van der Waals surface area contributed by atoms with Crippen molar-refractivity contribution in [3.63, 3.8) is 0 Å². The maximum Gasteiger partial charge on any atom is 0.411 e. The molecule has 0 radical (unpaired) electrons. The summed E-state index contributed by atoms with van der Waals surface area (Å²) in [5.74, 6) is -0.190. The Morgan fingerprint density at radius 1 is 1.11 bits per heavy atom. The number of benzene rings is 2. The third-order valence-electron chi connectivity index (χ3n) is 5.56. The highest BCUT2D eigenvalue weighted by atomic mass is 16.6. The molecule has 0 bridgehead atoms. The van der Waals surface area contributed by atoms with Crippen LogP contribution in [0.5, 0.6) is 0 Å². The van der Waals surface area contributed by atoms with Gasteiger partial charge >= 0.3 is 6.09 Å². The maximum atomic E-state index is 13.0. The van der Waals surface area contributed by atoms with Crippen LogP contribution < -0.4 is 0 Å². The number of hydrogen-bond donors (Lipinski definition) is 0. The Bertz CT molecular complexity index is 794. The summed E-state index contributed by atoms with van der Waals surface area (Å²) in [4.78, 5) is 29.3. The largest absolute Gasteiger partial charge is 0.444 e. The molecule has 5 nitrogen and oxygen atoms in total. The standard InChI is InChI=1S/C23H28N2O3/c1-4-21-17(2)22(26)24(18(3)20-13-9-6-10-14-20)16-25(21)23(27)28-15-19-11-7-5-8-12-19/h5-14,17-18,21H,4,15-16H2,1-3H3/t17-,18+,21+/m1/s1. The van der Waals surface area contributed by atoms with Gasteiger partial charge in [0.15, 0.2) is 0 Å². The Kier molecular flexibility index (Phi) is 6.34. The summed E-state index contributed by atoms with van der Waals surface area (Å²) in [5.41, 5.74) is 2.00. The van der Waals surface area contributed by atoms with Gasteiger partial charge in [0.2, 0.25) is 5.91 Å². The summed E-state index contributed by atoms with van der Waals surface area (Å²) < 4.78 is 5.57. The Labute approximate surface area is 166 Å². The zero-order valence-corrected chi connectivity index (χ0v) is 16.7. The van der Waals surface area contributed by atoms with Crippen molar-refractivity contribution in [1.29, 1.82) is 0 Å². The molecule has 148 valence electrons. The van der Waals surface area contributed by atoms with Crippen LogP contribution in [0.4, 0.5) is 4.79 Å². The van der Waals surface area contributed by atoms with E-state index in [1.807, 2.05) is 81.4 Å². The molecule has 0 unspecified atom stereocenters. The van der Waals surface area contributed by atoms with Gasteiger partial charge in [-0.1, -0.05) is 74.5 Å². The fraction of sp³-hybridized carbons (Fsp3) is 0.391. The summed E-state index contributed by atoms with van der Waals surface area (Å²) in [6.45, 7) is 6.37. The minimum absolute atomic E-state index is 0.0790. The fourth-order valence-electron chi connectivity index (χ4n) is 3.83. The van der Waals surface area contributed by atoms with E-state index in [0.29, 0.717) is 6.42 Å². The number of amides is 2. The van der Waals surface area contributed by atoms with Crippen molar-refractivity contribution in [2.75, 3.05) is 6.67 Å². The van der Waals surface area contributed by atoms with Crippen LogP contribution in [0, 0.1) is 5.92 Å². The smallest absolute Gasteiger partial charge is 0.411 e. The molecule has 28 heavy (non-hydrogen) atoms. The van der Waals surface area contributed by atoms with Crippen molar-refractivity contribution in [1.82, 2.24) is 9.80 Å². The van der Waals surface area contributed by atoms with E-state index in [0.717, 1.165) is 11.1 Å². The summed E-state index contributed by atoms with van der Waals surface area (Å²) in [6, 6.07) is 19.2. The Morgan fingerprint density at radius 3 is 2.32 bits per heavy atom. The van der Waals surface area contributed by atoms with Gasteiger partial charge in [0.1, 0.15) is 6.61 Å². The van der Waals surface area contributed by atoms with Crippen LogP contribution in [0.2, 0.25) is 0 Å². The maximum absolute atomic E-state index is 13.0. The molecular formula is C23H28N2O3. The molecule has 2 aromatic rings. The molecule has 0 aromatic heterocycles. The lowest BCUT2D eigenvalue weighted by molar-refractivity contribution is -0.149. The second-order valence-electron chi connectivity index (χ2n) is 7.31. The Morgan fingerprint density at radius 2 is 1.71 bits per heavy atom. The zero-order chi connectivity index (χ0) is 20.1. The van der Waals surface area contributed by atoms with Crippen molar-refractivity contribution in [2.24, 2.45) is 5.92 Å². The molecule has 5 heteroatoms. The van der Waals surface area contributed by atoms with Crippen LogP contribution in [0.1, 0.15) is 44.4 Å². The van der Waals surface area contributed by atoms with Crippen LogP contribution in [0.3, 0.4) is 0 Å². The summed E-state index contributed by atoms with van der Waals surface area (Å²) in [7, 11) is 0. The van der Waals surface area contributed by atoms with Crippen LogP contribution in [0.15, 0.2) is 60.7 Å². The van der Waals surface area contributed by atoms with Gasteiger partial charge in [-0.25, -0.2) is 4.79 Å². The first-order chi connectivity index (χ1) is 13.5. The number of carbonyl (C=O) groups is 2. The summed E-state index contributed by atoms with van der Waals surface area (Å²) >= 11 is 0.